The van der Waals surface area contributed by atoms with Crippen LogP contribution in [-0.2, 0) is 16.6 Å². The molecule has 2 bridgehead atoms. The molecule has 3 rings (SSSR count). The van der Waals surface area contributed by atoms with Gasteiger partial charge in [0.05, 0.1) is 0 Å². The quantitative estimate of drug-likeness (QED) is 0.774. The molecule has 1 amide bonds. The van der Waals surface area contributed by atoms with E-state index in [9.17, 15) is 4.79 Å². The van der Waals surface area contributed by atoms with Crippen molar-refractivity contribution in [3.05, 3.63) is 29.3 Å². The van der Waals surface area contributed by atoms with E-state index >= 15 is 0 Å². The molecule has 0 spiro atoms. The number of rotatable bonds is 2. The molecule has 0 unspecified atom stereocenters. The Morgan fingerprint density at radius 1 is 1.27 bits per heavy atom. The summed E-state index contributed by atoms with van der Waals surface area (Å²) in [7, 11) is 0. The predicted octanol–water partition coefficient (Wildman–Crippen LogP) is 4.23. The van der Waals surface area contributed by atoms with Gasteiger partial charge in [0.15, 0.2) is 5.75 Å². The van der Waals surface area contributed by atoms with E-state index in [0.29, 0.717) is 11.7 Å². The Hall–Kier alpha value is -1.75. The van der Waals surface area contributed by atoms with Crippen LogP contribution in [0.4, 0.5) is 4.79 Å². The van der Waals surface area contributed by atoms with Crippen LogP contribution < -0.4 is 16.1 Å². The molecule has 0 aliphatic heterocycles. The number of ether oxygens (including phenoxy) is 1. The lowest BCUT2D eigenvalue weighted by atomic mass is 9.60. The van der Waals surface area contributed by atoms with E-state index in [4.69, 9.17) is 15.3 Å². The molecule has 1 saturated carbocycles. The summed E-state index contributed by atoms with van der Waals surface area (Å²) < 4.78 is 5.21. The summed E-state index contributed by atoms with van der Waals surface area (Å²) in [6.45, 7) is 7.75. The first-order chi connectivity index (χ1) is 12.2. The summed E-state index contributed by atoms with van der Waals surface area (Å²) in [4.78, 5) is 17.3. The second-order valence-corrected chi connectivity index (χ2v) is 9.03. The monoisotopic (exact) mass is 360 g/mol. The highest BCUT2D eigenvalue weighted by Gasteiger charge is 2.43. The van der Waals surface area contributed by atoms with Crippen LogP contribution in [-0.4, -0.2) is 17.7 Å². The maximum atomic E-state index is 11.8. The van der Waals surface area contributed by atoms with Crippen LogP contribution in [0.1, 0.15) is 70.9 Å². The highest BCUT2D eigenvalue weighted by Crippen LogP contribution is 2.46. The van der Waals surface area contributed by atoms with Crippen molar-refractivity contribution in [1.29, 1.82) is 0 Å². The van der Waals surface area contributed by atoms with Crippen molar-refractivity contribution in [1.82, 2.24) is 5.48 Å². The van der Waals surface area contributed by atoms with Gasteiger partial charge in [0.1, 0.15) is 5.60 Å². The standard InChI is InChI=1S/C21H32N2O3/c1-20(2,3)25-19(24)23-26-16-10-9-14-12-15-8-6-5-7-11-21(4,18(15)22)17(14)13-16/h9-10,13,15,18H,5-8,11-12,22H2,1-4H3,(H,23,24)/t15-,18-,21+/m0/s1. The molecule has 2 aliphatic rings. The normalized spacial score (nSPS) is 28.3. The van der Waals surface area contributed by atoms with E-state index in [0.717, 1.165) is 12.8 Å². The van der Waals surface area contributed by atoms with Crippen LogP contribution in [0.25, 0.3) is 0 Å². The predicted molar refractivity (Wildman–Crippen MR) is 102 cm³/mol. The van der Waals surface area contributed by atoms with Crippen molar-refractivity contribution in [3.63, 3.8) is 0 Å². The first kappa shape index (κ1) is 19.0. The van der Waals surface area contributed by atoms with Gasteiger partial charge in [0.25, 0.3) is 0 Å². The van der Waals surface area contributed by atoms with Gasteiger partial charge in [-0.25, -0.2) is 4.79 Å². The van der Waals surface area contributed by atoms with Crippen molar-refractivity contribution >= 4 is 6.09 Å². The number of fused-ring (bicyclic) bond motifs is 4. The van der Waals surface area contributed by atoms with Gasteiger partial charge in [0, 0.05) is 11.5 Å². The van der Waals surface area contributed by atoms with Crippen LogP contribution in [0.3, 0.4) is 0 Å². The third-order valence-corrected chi connectivity index (χ3v) is 5.84. The van der Waals surface area contributed by atoms with Crippen LogP contribution >= 0.6 is 0 Å². The number of amides is 1. The van der Waals surface area contributed by atoms with Gasteiger partial charge >= 0.3 is 6.09 Å². The van der Waals surface area contributed by atoms with Crippen LogP contribution in [0, 0.1) is 5.92 Å². The molecule has 1 aromatic rings. The maximum Gasteiger partial charge on any atom is 0.441 e. The zero-order valence-electron chi connectivity index (χ0n) is 16.4. The minimum atomic E-state index is -0.593. The third kappa shape index (κ3) is 3.98. The van der Waals surface area contributed by atoms with Crippen LogP contribution in [0.2, 0.25) is 0 Å². The molecule has 26 heavy (non-hydrogen) atoms. The van der Waals surface area contributed by atoms with E-state index in [1.807, 2.05) is 32.9 Å². The Morgan fingerprint density at radius 2 is 2.04 bits per heavy atom. The van der Waals surface area contributed by atoms with Gasteiger partial charge in [0.2, 0.25) is 0 Å². The van der Waals surface area contributed by atoms with Gasteiger partial charge in [-0.15, -0.1) is 0 Å². The molecule has 0 radical (unpaired) electrons. The Kier molecular flexibility index (Phi) is 5.20. The fraction of sp³-hybridized carbons (Fsp3) is 0.667. The molecule has 5 nitrogen and oxygen atoms in total. The van der Waals surface area contributed by atoms with Crippen molar-refractivity contribution in [2.24, 2.45) is 11.7 Å². The average Bonchev–Trinajstić information content (AvgIpc) is 2.55. The number of nitrogens with two attached hydrogens (primary N) is 1. The van der Waals surface area contributed by atoms with E-state index in [1.54, 1.807) is 0 Å². The molecule has 0 aromatic heterocycles. The maximum absolute atomic E-state index is 11.8. The number of nitrogens with one attached hydrogen (secondary N) is 1. The Morgan fingerprint density at radius 3 is 2.77 bits per heavy atom. The number of hydrogen-bond acceptors (Lipinski definition) is 4. The van der Waals surface area contributed by atoms with Gasteiger partial charge in [-0.2, -0.15) is 5.48 Å². The van der Waals surface area contributed by atoms with E-state index < -0.39 is 11.7 Å². The van der Waals surface area contributed by atoms with Gasteiger partial charge in [-0.3, -0.25) is 0 Å². The molecular formula is C21H32N2O3. The highest BCUT2D eigenvalue weighted by atomic mass is 16.7. The molecule has 3 N–H and O–H groups in total. The number of carbonyl (C=O) groups is 1. The highest BCUT2D eigenvalue weighted by molar-refractivity contribution is 5.66. The summed E-state index contributed by atoms with van der Waals surface area (Å²) in [5, 5.41) is 0. The summed E-state index contributed by atoms with van der Waals surface area (Å²) in [5.41, 5.74) is 11.1. The molecule has 144 valence electrons. The number of hydrogen-bond donors (Lipinski definition) is 2. The minimum absolute atomic E-state index is 0.0377. The van der Waals surface area contributed by atoms with Gasteiger partial charge < -0.3 is 15.3 Å². The summed E-state index contributed by atoms with van der Waals surface area (Å²) in [6.07, 6.45) is 6.53. The second-order valence-electron chi connectivity index (χ2n) is 9.03. The Bertz CT molecular complexity index is 668. The molecule has 0 heterocycles. The number of benzene rings is 1. The SMILES string of the molecule is CC(C)(C)OC(=O)NOc1ccc2c(c1)[C@@]1(C)CCCCC[C@@H](C2)[C@@H]1N. The van der Waals surface area contributed by atoms with Gasteiger partial charge in [-0.05, 0) is 69.2 Å². The molecule has 3 atom stereocenters. The van der Waals surface area contributed by atoms with Crippen LogP contribution in [0.5, 0.6) is 5.75 Å². The molecule has 1 fully saturated rings. The lowest BCUT2D eigenvalue weighted by Crippen LogP contribution is -2.52. The molecule has 2 aliphatic carbocycles. The van der Waals surface area contributed by atoms with Crippen LogP contribution in [0.15, 0.2) is 18.2 Å². The Labute approximate surface area is 156 Å². The van der Waals surface area contributed by atoms with E-state index in [1.165, 1.54) is 36.8 Å². The lowest BCUT2D eigenvalue weighted by Gasteiger charge is -2.47. The minimum Gasteiger partial charge on any atom is -0.442 e. The Balaban J connectivity index is 1.79. The molecule has 0 saturated heterocycles. The smallest absolute Gasteiger partial charge is 0.441 e. The third-order valence-electron chi connectivity index (χ3n) is 5.84. The van der Waals surface area contributed by atoms with E-state index in [2.05, 4.69) is 18.5 Å². The van der Waals surface area contributed by atoms with Crippen molar-refractivity contribution < 1.29 is 14.4 Å². The zero-order valence-corrected chi connectivity index (χ0v) is 16.4. The van der Waals surface area contributed by atoms with Crippen molar-refractivity contribution in [2.45, 2.75) is 83.3 Å². The molecule has 1 aromatic carbocycles. The fourth-order valence-electron chi connectivity index (χ4n) is 4.50. The van der Waals surface area contributed by atoms with Gasteiger partial charge in [-0.1, -0.05) is 32.3 Å². The van der Waals surface area contributed by atoms with Crippen molar-refractivity contribution in [2.75, 3.05) is 0 Å². The van der Waals surface area contributed by atoms with Crippen molar-refractivity contribution in [3.8, 4) is 5.75 Å². The summed E-state index contributed by atoms with van der Waals surface area (Å²) >= 11 is 0. The summed E-state index contributed by atoms with van der Waals surface area (Å²) in [6, 6.07) is 6.25. The topological polar surface area (TPSA) is 73.6 Å². The first-order valence-electron chi connectivity index (χ1n) is 9.74. The summed E-state index contributed by atoms with van der Waals surface area (Å²) in [5.74, 6) is 1.17. The first-order valence-corrected chi connectivity index (χ1v) is 9.74. The fourth-order valence-corrected chi connectivity index (χ4v) is 4.50. The largest absolute Gasteiger partial charge is 0.442 e. The average molecular weight is 360 g/mol. The lowest BCUT2D eigenvalue weighted by molar-refractivity contribution is 0.0287. The second kappa shape index (κ2) is 7.10. The molecular weight excluding hydrogens is 328 g/mol. The number of carbonyl (C=O) groups excluding carboxylic acids is 1. The molecule has 5 heteroatoms. The number of hydroxylamine groups is 1. The zero-order chi connectivity index (χ0) is 18.9. The van der Waals surface area contributed by atoms with E-state index in [-0.39, 0.29) is 11.5 Å².